The molecule has 0 fully saturated rings. The molecule has 1 unspecified atom stereocenters. The van der Waals surface area contributed by atoms with Crippen LogP contribution in [0.4, 0.5) is 0 Å². The first-order chi connectivity index (χ1) is 9.56. The van der Waals surface area contributed by atoms with Crippen LogP contribution in [0.5, 0.6) is 11.5 Å². The lowest BCUT2D eigenvalue weighted by Gasteiger charge is -2.22. The fourth-order valence-corrected chi connectivity index (χ4v) is 2.33. The molecule has 1 aliphatic heterocycles. The molecule has 5 heteroatoms. The molecule has 0 amide bonds. The second kappa shape index (κ2) is 6.92. The Kier molecular flexibility index (Phi) is 5.23. The molecule has 0 radical (unpaired) electrons. The van der Waals surface area contributed by atoms with Gasteiger partial charge in [-0.1, -0.05) is 6.07 Å². The molecule has 20 heavy (non-hydrogen) atoms. The van der Waals surface area contributed by atoms with Gasteiger partial charge >= 0.3 is 0 Å². The van der Waals surface area contributed by atoms with Crippen molar-refractivity contribution in [1.82, 2.24) is 9.80 Å². The van der Waals surface area contributed by atoms with Crippen molar-refractivity contribution < 1.29 is 9.47 Å². The molecule has 1 atom stereocenters. The first-order valence-electron chi connectivity index (χ1n) is 7.04. The molecule has 0 saturated carbocycles. The molecule has 0 aromatic heterocycles. The van der Waals surface area contributed by atoms with Gasteiger partial charge in [-0.05, 0) is 58.3 Å². The smallest absolute Gasteiger partial charge is 0.231 e. The lowest BCUT2D eigenvalue weighted by atomic mass is 10.1. The Morgan fingerprint density at radius 1 is 1.15 bits per heavy atom. The van der Waals surface area contributed by atoms with Gasteiger partial charge in [0, 0.05) is 12.6 Å². The van der Waals surface area contributed by atoms with E-state index in [0.717, 1.165) is 43.1 Å². The largest absolute Gasteiger partial charge is 0.454 e. The Bertz CT molecular complexity index is 437. The average Bonchev–Trinajstić information content (AvgIpc) is 2.85. The third-order valence-corrected chi connectivity index (χ3v) is 3.48. The zero-order valence-corrected chi connectivity index (χ0v) is 12.6. The monoisotopic (exact) mass is 279 g/mol. The van der Waals surface area contributed by atoms with Crippen LogP contribution in [-0.2, 0) is 0 Å². The first kappa shape index (κ1) is 15.1. The van der Waals surface area contributed by atoms with Crippen molar-refractivity contribution in [3.05, 3.63) is 23.8 Å². The normalized spacial score (nSPS) is 15.1. The van der Waals surface area contributed by atoms with Gasteiger partial charge in [-0.15, -0.1) is 0 Å². The quantitative estimate of drug-likeness (QED) is 0.815. The number of nitrogens with two attached hydrogens (primary N) is 1. The molecule has 1 aliphatic rings. The standard InChI is InChI=1S/C15H25N3O2/c1-17(2)7-4-8-18(3)10-13(16)12-5-6-14-15(9-12)20-11-19-14/h5-6,9,13H,4,7-8,10-11,16H2,1-3H3. The van der Waals surface area contributed by atoms with E-state index in [1.54, 1.807) is 0 Å². The third-order valence-electron chi connectivity index (χ3n) is 3.48. The van der Waals surface area contributed by atoms with Crippen LogP contribution in [0.2, 0.25) is 0 Å². The Morgan fingerprint density at radius 2 is 1.90 bits per heavy atom. The van der Waals surface area contributed by atoms with Gasteiger partial charge in [0.05, 0.1) is 0 Å². The second-order valence-corrected chi connectivity index (χ2v) is 5.64. The fraction of sp³-hybridized carbons (Fsp3) is 0.600. The van der Waals surface area contributed by atoms with Crippen molar-refractivity contribution in [2.75, 3.05) is 47.6 Å². The van der Waals surface area contributed by atoms with Gasteiger partial charge in [0.25, 0.3) is 0 Å². The van der Waals surface area contributed by atoms with E-state index in [4.69, 9.17) is 15.2 Å². The Hall–Kier alpha value is -1.30. The third kappa shape index (κ3) is 4.10. The van der Waals surface area contributed by atoms with Gasteiger partial charge in [0.2, 0.25) is 6.79 Å². The summed E-state index contributed by atoms with van der Waals surface area (Å²) in [6.07, 6.45) is 1.15. The van der Waals surface area contributed by atoms with Crippen molar-refractivity contribution >= 4 is 0 Å². The molecule has 1 aromatic rings. The number of hydrogen-bond acceptors (Lipinski definition) is 5. The summed E-state index contributed by atoms with van der Waals surface area (Å²) in [4.78, 5) is 4.48. The second-order valence-electron chi connectivity index (χ2n) is 5.64. The van der Waals surface area contributed by atoms with Crippen molar-refractivity contribution in [3.8, 4) is 11.5 Å². The van der Waals surface area contributed by atoms with Crippen LogP contribution < -0.4 is 15.2 Å². The Labute approximate surface area is 121 Å². The van der Waals surface area contributed by atoms with Crippen LogP contribution in [0.15, 0.2) is 18.2 Å². The molecule has 0 bridgehead atoms. The van der Waals surface area contributed by atoms with E-state index in [-0.39, 0.29) is 6.04 Å². The van der Waals surface area contributed by atoms with Gasteiger partial charge in [-0.2, -0.15) is 0 Å². The number of hydrogen-bond donors (Lipinski definition) is 1. The number of rotatable bonds is 7. The van der Waals surface area contributed by atoms with Gasteiger partial charge in [0.1, 0.15) is 0 Å². The van der Waals surface area contributed by atoms with Crippen molar-refractivity contribution in [2.45, 2.75) is 12.5 Å². The van der Waals surface area contributed by atoms with Gasteiger partial charge in [-0.25, -0.2) is 0 Å². The molecular formula is C15H25N3O2. The maximum atomic E-state index is 6.27. The van der Waals surface area contributed by atoms with E-state index < -0.39 is 0 Å². The minimum atomic E-state index is -0.00569. The SMILES string of the molecule is CN(C)CCCN(C)CC(N)c1ccc2c(c1)OCO2. The summed E-state index contributed by atoms with van der Waals surface area (Å²) >= 11 is 0. The zero-order chi connectivity index (χ0) is 14.5. The minimum absolute atomic E-state index is 0.00569. The summed E-state index contributed by atoms with van der Waals surface area (Å²) in [7, 11) is 6.30. The molecule has 1 aromatic carbocycles. The van der Waals surface area contributed by atoms with E-state index in [1.165, 1.54) is 0 Å². The van der Waals surface area contributed by atoms with Crippen LogP contribution >= 0.6 is 0 Å². The van der Waals surface area contributed by atoms with Gasteiger partial charge in [-0.3, -0.25) is 0 Å². The van der Waals surface area contributed by atoms with E-state index in [9.17, 15) is 0 Å². The zero-order valence-electron chi connectivity index (χ0n) is 12.6. The number of ether oxygens (including phenoxy) is 2. The summed E-state index contributed by atoms with van der Waals surface area (Å²) in [6, 6.07) is 5.93. The van der Waals surface area contributed by atoms with Gasteiger partial charge < -0.3 is 25.0 Å². The summed E-state index contributed by atoms with van der Waals surface area (Å²) < 4.78 is 10.7. The van der Waals surface area contributed by atoms with Crippen LogP contribution in [0, 0.1) is 0 Å². The number of benzene rings is 1. The highest BCUT2D eigenvalue weighted by Crippen LogP contribution is 2.33. The van der Waals surface area contributed by atoms with E-state index in [0.29, 0.717) is 6.79 Å². The highest BCUT2D eigenvalue weighted by Gasteiger charge is 2.16. The predicted molar refractivity (Wildman–Crippen MR) is 80.2 cm³/mol. The van der Waals surface area contributed by atoms with Crippen molar-refractivity contribution in [3.63, 3.8) is 0 Å². The first-order valence-corrected chi connectivity index (χ1v) is 7.04. The molecule has 112 valence electrons. The fourth-order valence-electron chi connectivity index (χ4n) is 2.33. The molecule has 0 aliphatic carbocycles. The van der Waals surface area contributed by atoms with E-state index >= 15 is 0 Å². The molecule has 5 nitrogen and oxygen atoms in total. The Balaban J connectivity index is 1.83. The van der Waals surface area contributed by atoms with Crippen LogP contribution in [-0.4, -0.2) is 57.4 Å². The number of fused-ring (bicyclic) bond motifs is 1. The highest BCUT2D eigenvalue weighted by molar-refractivity contribution is 5.45. The van der Waals surface area contributed by atoms with E-state index in [1.807, 2.05) is 18.2 Å². The molecule has 0 spiro atoms. The maximum absolute atomic E-state index is 6.27. The molecule has 0 saturated heterocycles. The maximum Gasteiger partial charge on any atom is 0.231 e. The highest BCUT2D eigenvalue weighted by atomic mass is 16.7. The molecular weight excluding hydrogens is 254 g/mol. The van der Waals surface area contributed by atoms with Crippen LogP contribution in [0.3, 0.4) is 0 Å². The van der Waals surface area contributed by atoms with Crippen molar-refractivity contribution in [2.24, 2.45) is 5.73 Å². The topological polar surface area (TPSA) is 51.0 Å². The summed E-state index contributed by atoms with van der Waals surface area (Å²) in [5.41, 5.74) is 7.36. The summed E-state index contributed by atoms with van der Waals surface area (Å²) in [5, 5.41) is 0. The lowest BCUT2D eigenvalue weighted by molar-refractivity contribution is 0.174. The van der Waals surface area contributed by atoms with Crippen molar-refractivity contribution in [1.29, 1.82) is 0 Å². The van der Waals surface area contributed by atoms with Crippen LogP contribution in [0.25, 0.3) is 0 Å². The molecule has 2 rings (SSSR count). The van der Waals surface area contributed by atoms with Gasteiger partial charge in [0.15, 0.2) is 11.5 Å². The summed E-state index contributed by atoms with van der Waals surface area (Å²) in [5.74, 6) is 1.61. The number of nitrogens with zero attached hydrogens (tertiary/aromatic N) is 2. The average molecular weight is 279 g/mol. The minimum Gasteiger partial charge on any atom is -0.454 e. The number of likely N-dealkylation sites (N-methyl/N-ethyl adjacent to an activating group) is 1. The molecule has 2 N–H and O–H groups in total. The van der Waals surface area contributed by atoms with E-state index in [2.05, 4.69) is 30.9 Å². The summed E-state index contributed by atoms with van der Waals surface area (Å²) in [6.45, 7) is 3.30. The Morgan fingerprint density at radius 3 is 2.65 bits per heavy atom. The molecule has 1 heterocycles. The predicted octanol–water partition coefficient (Wildman–Crippen LogP) is 1.30. The lowest BCUT2D eigenvalue weighted by Crippen LogP contribution is -2.31. The van der Waals surface area contributed by atoms with Crippen LogP contribution in [0.1, 0.15) is 18.0 Å².